The van der Waals surface area contributed by atoms with E-state index in [4.69, 9.17) is 23.2 Å². The molecule has 1 N–H and O–H groups in total. The van der Waals surface area contributed by atoms with Crippen LogP contribution in [0.25, 0.3) is 0 Å². The maximum Gasteiger partial charge on any atom is 0.267 e. The summed E-state index contributed by atoms with van der Waals surface area (Å²) in [5, 5.41) is 12.9. The molecule has 28 heavy (non-hydrogen) atoms. The Morgan fingerprint density at radius 2 is 1.82 bits per heavy atom. The van der Waals surface area contributed by atoms with Crippen molar-refractivity contribution in [2.45, 2.75) is 6.54 Å². The second-order valence-corrected chi connectivity index (χ2v) is 7.37. The molecule has 144 valence electrons. The van der Waals surface area contributed by atoms with Crippen LogP contribution in [-0.2, 0) is 11.3 Å². The number of halogens is 2. The first-order chi connectivity index (χ1) is 13.5. The summed E-state index contributed by atoms with van der Waals surface area (Å²) in [6.07, 6.45) is 1.62. The lowest BCUT2D eigenvalue weighted by atomic mass is 10.2. The van der Waals surface area contributed by atoms with E-state index in [9.17, 15) is 10.1 Å². The molecule has 3 rings (SSSR count). The Labute approximate surface area is 174 Å². The number of anilines is 1. The summed E-state index contributed by atoms with van der Waals surface area (Å²) in [6.45, 7) is 4.16. The summed E-state index contributed by atoms with van der Waals surface area (Å²) in [6, 6.07) is 17.1. The fourth-order valence-corrected chi connectivity index (χ4v) is 3.45. The van der Waals surface area contributed by atoms with Crippen molar-refractivity contribution in [3.63, 3.8) is 0 Å². The van der Waals surface area contributed by atoms with E-state index in [0.717, 1.165) is 32.7 Å². The molecule has 0 saturated carbocycles. The third-order valence-corrected chi connectivity index (χ3v) is 5.06. The number of nitrogens with zero attached hydrogens (tertiary/aromatic N) is 3. The first-order valence-electron chi connectivity index (χ1n) is 8.94. The van der Waals surface area contributed by atoms with E-state index in [-0.39, 0.29) is 5.57 Å². The molecule has 0 bridgehead atoms. The zero-order valence-corrected chi connectivity index (χ0v) is 16.7. The van der Waals surface area contributed by atoms with Gasteiger partial charge in [-0.25, -0.2) is 0 Å². The van der Waals surface area contributed by atoms with Gasteiger partial charge in [0.05, 0.1) is 10.7 Å². The van der Waals surface area contributed by atoms with Gasteiger partial charge in [0.25, 0.3) is 5.91 Å². The third-order valence-electron chi connectivity index (χ3n) is 4.51. The van der Waals surface area contributed by atoms with E-state index < -0.39 is 5.91 Å². The molecule has 0 spiro atoms. The van der Waals surface area contributed by atoms with Gasteiger partial charge in [-0.3, -0.25) is 9.69 Å². The van der Waals surface area contributed by atoms with Gasteiger partial charge < -0.3 is 10.2 Å². The van der Waals surface area contributed by atoms with Crippen LogP contribution in [0.1, 0.15) is 5.56 Å². The summed E-state index contributed by atoms with van der Waals surface area (Å²) in [5.74, 6) is -0.488. The highest BCUT2D eigenvalue weighted by Gasteiger charge is 2.18. The highest BCUT2D eigenvalue weighted by atomic mass is 35.5. The van der Waals surface area contributed by atoms with Gasteiger partial charge in [0.2, 0.25) is 0 Å². The van der Waals surface area contributed by atoms with Crippen molar-refractivity contribution in [3.8, 4) is 6.07 Å². The highest BCUT2D eigenvalue weighted by molar-refractivity contribution is 6.36. The number of carbonyl (C=O) groups excluding carboxylic acids is 1. The van der Waals surface area contributed by atoms with E-state index in [1.807, 2.05) is 29.2 Å². The largest absolute Gasteiger partial charge is 0.374 e. The van der Waals surface area contributed by atoms with Crippen molar-refractivity contribution in [1.29, 1.82) is 5.26 Å². The fourth-order valence-electron chi connectivity index (χ4n) is 2.99. The van der Waals surface area contributed by atoms with Crippen molar-refractivity contribution in [2.24, 2.45) is 0 Å². The van der Waals surface area contributed by atoms with Crippen LogP contribution < -0.4 is 5.32 Å². The van der Waals surface area contributed by atoms with Crippen LogP contribution >= 0.6 is 23.2 Å². The SMILES string of the molecule is N#C/C(=C/N1CCN(Cc2ccccc2)CC1)C(=O)Nc1ccc(Cl)cc1Cl. The average molecular weight is 415 g/mol. The van der Waals surface area contributed by atoms with Crippen molar-refractivity contribution in [1.82, 2.24) is 9.80 Å². The van der Waals surface area contributed by atoms with Crippen LogP contribution in [0.5, 0.6) is 0 Å². The number of benzene rings is 2. The molecule has 7 heteroatoms. The first kappa shape index (κ1) is 20.2. The molecule has 1 amide bonds. The molecular formula is C21H20Cl2N4O. The Bertz CT molecular complexity index is 900. The van der Waals surface area contributed by atoms with E-state index >= 15 is 0 Å². The Morgan fingerprint density at radius 3 is 2.46 bits per heavy atom. The Balaban J connectivity index is 1.57. The number of rotatable bonds is 5. The van der Waals surface area contributed by atoms with Crippen LogP contribution in [0.4, 0.5) is 5.69 Å². The molecule has 5 nitrogen and oxygen atoms in total. The summed E-state index contributed by atoms with van der Waals surface area (Å²) in [5.41, 5.74) is 1.75. The molecular weight excluding hydrogens is 395 g/mol. The van der Waals surface area contributed by atoms with Gasteiger partial charge in [-0.15, -0.1) is 0 Å². The zero-order chi connectivity index (χ0) is 19.9. The minimum atomic E-state index is -0.488. The topological polar surface area (TPSA) is 59.4 Å². The summed E-state index contributed by atoms with van der Waals surface area (Å²) in [4.78, 5) is 16.8. The van der Waals surface area contributed by atoms with Gasteiger partial charge in [-0.05, 0) is 23.8 Å². The van der Waals surface area contributed by atoms with E-state index in [1.165, 1.54) is 5.56 Å². The predicted molar refractivity (Wildman–Crippen MR) is 112 cm³/mol. The summed E-state index contributed by atoms with van der Waals surface area (Å²) >= 11 is 11.9. The molecule has 0 unspecified atom stereocenters. The fraction of sp³-hybridized carbons (Fsp3) is 0.238. The zero-order valence-electron chi connectivity index (χ0n) is 15.2. The monoisotopic (exact) mass is 414 g/mol. The van der Waals surface area contributed by atoms with Crippen molar-refractivity contribution in [2.75, 3.05) is 31.5 Å². The van der Waals surface area contributed by atoms with E-state index in [2.05, 4.69) is 22.3 Å². The molecule has 0 aliphatic carbocycles. The number of amides is 1. The lowest BCUT2D eigenvalue weighted by Crippen LogP contribution is -2.43. The summed E-state index contributed by atoms with van der Waals surface area (Å²) in [7, 11) is 0. The number of hydrogen-bond acceptors (Lipinski definition) is 4. The molecule has 1 fully saturated rings. The minimum Gasteiger partial charge on any atom is -0.374 e. The van der Waals surface area contributed by atoms with Crippen LogP contribution in [0.2, 0.25) is 10.0 Å². The molecule has 1 aliphatic rings. The molecule has 2 aromatic carbocycles. The van der Waals surface area contributed by atoms with E-state index in [0.29, 0.717) is 15.7 Å². The van der Waals surface area contributed by atoms with Gasteiger partial charge >= 0.3 is 0 Å². The number of piperazine rings is 1. The van der Waals surface area contributed by atoms with Crippen molar-refractivity contribution in [3.05, 3.63) is 75.9 Å². The lowest BCUT2D eigenvalue weighted by molar-refractivity contribution is -0.112. The van der Waals surface area contributed by atoms with Gasteiger partial charge in [0.1, 0.15) is 11.6 Å². The van der Waals surface area contributed by atoms with Gasteiger partial charge in [-0.2, -0.15) is 5.26 Å². The van der Waals surface area contributed by atoms with Crippen LogP contribution in [0.3, 0.4) is 0 Å². The Kier molecular flexibility index (Phi) is 6.94. The average Bonchev–Trinajstić information content (AvgIpc) is 2.70. The third kappa shape index (κ3) is 5.49. The molecule has 1 aliphatic heterocycles. The highest BCUT2D eigenvalue weighted by Crippen LogP contribution is 2.25. The van der Waals surface area contributed by atoms with Crippen LogP contribution in [-0.4, -0.2) is 41.9 Å². The maximum absolute atomic E-state index is 12.4. The standard InChI is InChI=1S/C21H20Cl2N4O/c22-18-6-7-20(19(23)12-18)25-21(28)17(13-24)15-27-10-8-26(9-11-27)14-16-4-2-1-3-5-16/h1-7,12,15H,8-11,14H2,(H,25,28)/b17-15-. The lowest BCUT2D eigenvalue weighted by Gasteiger charge is -2.34. The second kappa shape index (κ2) is 9.61. The quantitative estimate of drug-likeness (QED) is 0.589. The smallest absolute Gasteiger partial charge is 0.267 e. The Hall–Kier alpha value is -2.52. The molecule has 0 atom stereocenters. The number of nitrogens with one attached hydrogen (secondary N) is 1. The van der Waals surface area contributed by atoms with Crippen molar-refractivity contribution < 1.29 is 4.79 Å². The molecule has 1 heterocycles. The van der Waals surface area contributed by atoms with Gasteiger partial charge in [0, 0.05) is 43.9 Å². The predicted octanol–water partition coefficient (Wildman–Crippen LogP) is 4.16. The van der Waals surface area contributed by atoms with Crippen molar-refractivity contribution >= 4 is 34.8 Å². The molecule has 2 aromatic rings. The minimum absolute atomic E-state index is 0.0440. The normalized spacial score (nSPS) is 15.2. The second-order valence-electron chi connectivity index (χ2n) is 6.53. The van der Waals surface area contributed by atoms with Crippen LogP contribution in [0.15, 0.2) is 60.3 Å². The number of carbonyl (C=O) groups is 1. The number of hydrogen-bond donors (Lipinski definition) is 1. The molecule has 0 radical (unpaired) electrons. The van der Waals surface area contributed by atoms with Gasteiger partial charge in [-0.1, -0.05) is 53.5 Å². The maximum atomic E-state index is 12.4. The first-order valence-corrected chi connectivity index (χ1v) is 9.69. The molecule has 0 aromatic heterocycles. The van der Waals surface area contributed by atoms with E-state index in [1.54, 1.807) is 24.4 Å². The van der Waals surface area contributed by atoms with Crippen LogP contribution in [0, 0.1) is 11.3 Å². The van der Waals surface area contributed by atoms with Gasteiger partial charge in [0.15, 0.2) is 0 Å². The summed E-state index contributed by atoms with van der Waals surface area (Å²) < 4.78 is 0. The Morgan fingerprint density at radius 1 is 1.11 bits per heavy atom. The number of nitriles is 1. The molecule has 1 saturated heterocycles.